The molecular weight excluding hydrogens is 341 g/mol. The van der Waals surface area contributed by atoms with Gasteiger partial charge in [-0.1, -0.05) is 30.3 Å². The monoisotopic (exact) mass is 363 g/mol. The summed E-state index contributed by atoms with van der Waals surface area (Å²) in [6.45, 7) is 5.00. The Morgan fingerprint density at radius 1 is 1.28 bits per heavy atom. The molecule has 1 rings (SSSR count). The first-order valence-corrected chi connectivity index (χ1v) is 5.82. The van der Waals surface area contributed by atoms with Crippen molar-refractivity contribution in [2.24, 2.45) is 4.99 Å². The number of hydrogen-bond acceptors (Lipinski definition) is 2. The van der Waals surface area contributed by atoms with Crippen LogP contribution in [0.25, 0.3) is 0 Å². The zero-order valence-electron chi connectivity index (χ0n) is 11.1. The van der Waals surface area contributed by atoms with Gasteiger partial charge in [0.1, 0.15) is 5.60 Å². The minimum atomic E-state index is -0.910. The maximum Gasteiger partial charge on any atom is 0.191 e. The lowest BCUT2D eigenvalue weighted by Gasteiger charge is -2.25. The number of guanidine groups is 1. The van der Waals surface area contributed by atoms with Gasteiger partial charge in [-0.3, -0.25) is 4.99 Å². The predicted molar refractivity (Wildman–Crippen MR) is 86.5 cm³/mol. The van der Waals surface area contributed by atoms with Gasteiger partial charge in [0.25, 0.3) is 0 Å². The molecule has 0 fully saturated rings. The molecule has 4 nitrogen and oxygen atoms in total. The molecule has 0 bridgehead atoms. The lowest BCUT2D eigenvalue weighted by molar-refractivity contribution is 0.0617. The topological polar surface area (TPSA) is 56.7 Å². The van der Waals surface area contributed by atoms with Gasteiger partial charge in [-0.05, 0) is 19.4 Å². The van der Waals surface area contributed by atoms with Crippen molar-refractivity contribution in [1.29, 1.82) is 0 Å². The van der Waals surface area contributed by atoms with Crippen molar-refractivity contribution < 1.29 is 5.11 Å². The van der Waals surface area contributed by atoms with Crippen LogP contribution in [0.4, 0.5) is 0 Å². The average molecular weight is 363 g/mol. The third-order valence-electron chi connectivity index (χ3n) is 2.56. The molecule has 0 aromatic heterocycles. The molecule has 0 aliphatic rings. The van der Waals surface area contributed by atoms with E-state index in [9.17, 15) is 5.11 Å². The second-order valence-corrected chi connectivity index (χ2v) is 4.10. The van der Waals surface area contributed by atoms with Crippen LogP contribution in [0.2, 0.25) is 0 Å². The molecule has 0 aliphatic heterocycles. The van der Waals surface area contributed by atoms with Gasteiger partial charge in [0, 0.05) is 13.6 Å². The molecule has 1 atom stereocenters. The molecule has 3 N–H and O–H groups in total. The van der Waals surface area contributed by atoms with Crippen molar-refractivity contribution >= 4 is 29.9 Å². The number of benzene rings is 1. The number of aliphatic hydroxyl groups is 1. The van der Waals surface area contributed by atoms with E-state index in [-0.39, 0.29) is 24.0 Å². The second-order valence-electron chi connectivity index (χ2n) is 4.10. The zero-order chi connectivity index (χ0) is 12.7. The summed E-state index contributed by atoms with van der Waals surface area (Å²) in [7, 11) is 1.71. The Bertz CT molecular complexity index is 366. The highest BCUT2D eigenvalue weighted by molar-refractivity contribution is 14.0. The smallest absolute Gasteiger partial charge is 0.191 e. The standard InChI is InChI=1S/C13H21N3O.HI/c1-4-15-12(14-3)16-10-13(2,17)11-8-6-5-7-9-11;/h5-9,17H,4,10H2,1-3H3,(H2,14,15,16);1H. The van der Waals surface area contributed by atoms with Crippen LogP contribution in [0.3, 0.4) is 0 Å². The van der Waals surface area contributed by atoms with E-state index in [1.807, 2.05) is 37.3 Å². The van der Waals surface area contributed by atoms with E-state index in [0.29, 0.717) is 12.5 Å². The Balaban J connectivity index is 0.00000289. The SMILES string of the molecule is CCNC(=NC)NCC(C)(O)c1ccccc1.I. The van der Waals surface area contributed by atoms with Gasteiger partial charge in [0.05, 0.1) is 6.54 Å². The molecule has 0 aliphatic carbocycles. The summed E-state index contributed by atoms with van der Waals surface area (Å²) >= 11 is 0. The molecule has 18 heavy (non-hydrogen) atoms. The van der Waals surface area contributed by atoms with Gasteiger partial charge in [-0.25, -0.2) is 0 Å². The molecule has 0 heterocycles. The molecule has 0 spiro atoms. The van der Waals surface area contributed by atoms with Crippen molar-refractivity contribution in [2.45, 2.75) is 19.4 Å². The van der Waals surface area contributed by atoms with Crippen molar-refractivity contribution in [1.82, 2.24) is 10.6 Å². The van der Waals surface area contributed by atoms with E-state index in [4.69, 9.17) is 0 Å². The maximum absolute atomic E-state index is 10.4. The predicted octanol–water partition coefficient (Wildman–Crippen LogP) is 1.70. The summed E-state index contributed by atoms with van der Waals surface area (Å²) in [6.07, 6.45) is 0. The summed E-state index contributed by atoms with van der Waals surface area (Å²) in [5.41, 5.74) is -0.0217. The van der Waals surface area contributed by atoms with E-state index < -0.39 is 5.60 Å². The molecule has 0 saturated carbocycles. The van der Waals surface area contributed by atoms with Gasteiger partial charge >= 0.3 is 0 Å². The second kappa shape index (κ2) is 8.31. The summed E-state index contributed by atoms with van der Waals surface area (Å²) < 4.78 is 0. The lowest BCUT2D eigenvalue weighted by Crippen LogP contribution is -2.44. The molecular formula is C13H22IN3O. The molecule has 102 valence electrons. The number of nitrogens with one attached hydrogen (secondary N) is 2. The summed E-state index contributed by atoms with van der Waals surface area (Å²) in [5.74, 6) is 0.698. The fourth-order valence-electron chi connectivity index (χ4n) is 1.54. The number of nitrogens with zero attached hydrogens (tertiary/aromatic N) is 1. The van der Waals surface area contributed by atoms with Crippen molar-refractivity contribution in [3.63, 3.8) is 0 Å². The zero-order valence-corrected chi connectivity index (χ0v) is 13.4. The van der Waals surface area contributed by atoms with Crippen LogP contribution in [0.15, 0.2) is 35.3 Å². The van der Waals surface area contributed by atoms with Crippen molar-refractivity contribution in [3.05, 3.63) is 35.9 Å². The Kier molecular flexibility index (Phi) is 7.93. The molecule has 0 amide bonds. The fourth-order valence-corrected chi connectivity index (χ4v) is 1.54. The van der Waals surface area contributed by atoms with Gasteiger partial charge in [0.15, 0.2) is 5.96 Å². The molecule has 5 heteroatoms. The summed E-state index contributed by atoms with van der Waals surface area (Å²) in [4.78, 5) is 4.06. The van der Waals surface area contributed by atoms with Crippen LogP contribution in [0.5, 0.6) is 0 Å². The van der Waals surface area contributed by atoms with E-state index in [2.05, 4.69) is 15.6 Å². The van der Waals surface area contributed by atoms with E-state index in [1.165, 1.54) is 0 Å². The highest BCUT2D eigenvalue weighted by atomic mass is 127. The quantitative estimate of drug-likeness (QED) is 0.434. The number of aliphatic imine (C=N–C) groups is 1. The van der Waals surface area contributed by atoms with Crippen molar-refractivity contribution in [3.8, 4) is 0 Å². The third kappa shape index (κ3) is 5.22. The van der Waals surface area contributed by atoms with Crippen molar-refractivity contribution in [2.75, 3.05) is 20.1 Å². The minimum absolute atomic E-state index is 0. The normalized spacial score (nSPS) is 14.3. The van der Waals surface area contributed by atoms with Crippen LogP contribution in [-0.2, 0) is 5.60 Å². The van der Waals surface area contributed by atoms with Gasteiger partial charge < -0.3 is 15.7 Å². The highest BCUT2D eigenvalue weighted by Gasteiger charge is 2.22. The van der Waals surface area contributed by atoms with Crippen LogP contribution in [-0.4, -0.2) is 31.2 Å². The van der Waals surface area contributed by atoms with Gasteiger partial charge in [0.2, 0.25) is 0 Å². The van der Waals surface area contributed by atoms with E-state index >= 15 is 0 Å². The van der Waals surface area contributed by atoms with Gasteiger partial charge in [-0.15, -0.1) is 24.0 Å². The Hall–Kier alpha value is -0.820. The minimum Gasteiger partial charge on any atom is -0.384 e. The van der Waals surface area contributed by atoms with Crippen LogP contribution < -0.4 is 10.6 Å². The Morgan fingerprint density at radius 2 is 1.89 bits per heavy atom. The third-order valence-corrected chi connectivity index (χ3v) is 2.56. The van der Waals surface area contributed by atoms with Crippen LogP contribution >= 0.6 is 24.0 Å². The fraction of sp³-hybridized carbons (Fsp3) is 0.462. The Labute approximate surface area is 126 Å². The number of hydrogen-bond donors (Lipinski definition) is 3. The molecule has 0 saturated heterocycles. The van der Waals surface area contributed by atoms with Gasteiger partial charge in [-0.2, -0.15) is 0 Å². The first-order chi connectivity index (χ1) is 8.10. The largest absolute Gasteiger partial charge is 0.384 e. The first-order valence-electron chi connectivity index (χ1n) is 5.82. The Morgan fingerprint density at radius 3 is 2.39 bits per heavy atom. The molecule has 0 radical (unpaired) electrons. The van der Waals surface area contributed by atoms with Crippen LogP contribution in [0, 0.1) is 0 Å². The number of halogens is 1. The lowest BCUT2D eigenvalue weighted by atomic mass is 9.96. The van der Waals surface area contributed by atoms with Crippen LogP contribution in [0.1, 0.15) is 19.4 Å². The number of rotatable bonds is 4. The summed E-state index contributed by atoms with van der Waals surface area (Å²) in [5, 5.41) is 16.5. The maximum atomic E-state index is 10.4. The summed E-state index contributed by atoms with van der Waals surface area (Å²) in [6, 6.07) is 9.60. The van der Waals surface area contributed by atoms with E-state index in [1.54, 1.807) is 14.0 Å². The van der Waals surface area contributed by atoms with E-state index in [0.717, 1.165) is 12.1 Å². The molecule has 1 aromatic carbocycles. The molecule has 1 aromatic rings. The highest BCUT2D eigenvalue weighted by Crippen LogP contribution is 2.18. The first kappa shape index (κ1) is 17.2. The molecule has 1 unspecified atom stereocenters. The average Bonchev–Trinajstić information content (AvgIpc) is 2.35.